The Morgan fingerprint density at radius 3 is 2.62 bits per heavy atom. The monoisotopic (exact) mass is 354 g/mol. The second-order valence-electron chi connectivity index (χ2n) is 6.67. The maximum Gasteiger partial charge on any atom is 0.261 e. The zero-order valence-corrected chi connectivity index (χ0v) is 15.0. The molecular formula is C18H22N6O2. The molecule has 0 radical (unpaired) electrons. The van der Waals surface area contributed by atoms with E-state index in [1.165, 1.54) is 6.20 Å². The van der Waals surface area contributed by atoms with Gasteiger partial charge in [-0.05, 0) is 19.9 Å². The molecule has 1 aliphatic heterocycles. The molecule has 1 aromatic carbocycles. The van der Waals surface area contributed by atoms with Gasteiger partial charge < -0.3 is 26.8 Å². The van der Waals surface area contributed by atoms with E-state index in [2.05, 4.69) is 20.6 Å². The molecule has 0 fully saturated rings. The van der Waals surface area contributed by atoms with Crippen LogP contribution < -0.4 is 26.8 Å². The van der Waals surface area contributed by atoms with Crippen LogP contribution in [0.3, 0.4) is 0 Å². The molecule has 1 aliphatic rings. The lowest BCUT2D eigenvalue weighted by Gasteiger charge is -2.16. The van der Waals surface area contributed by atoms with Crippen molar-refractivity contribution in [1.29, 1.82) is 0 Å². The van der Waals surface area contributed by atoms with Crippen LogP contribution in [-0.4, -0.2) is 28.5 Å². The predicted octanol–water partition coefficient (Wildman–Crippen LogP) is 1.75. The fourth-order valence-electron chi connectivity index (χ4n) is 2.81. The molecule has 0 spiro atoms. The van der Waals surface area contributed by atoms with Gasteiger partial charge in [-0.25, -0.2) is 9.97 Å². The van der Waals surface area contributed by atoms with Gasteiger partial charge in [0.2, 0.25) is 0 Å². The lowest BCUT2D eigenvalue weighted by molar-refractivity contribution is -0.111. The van der Waals surface area contributed by atoms with E-state index in [1.807, 2.05) is 19.9 Å². The van der Waals surface area contributed by atoms with Crippen molar-refractivity contribution in [3.05, 3.63) is 42.1 Å². The van der Waals surface area contributed by atoms with Crippen LogP contribution in [-0.2, 0) is 11.2 Å². The summed E-state index contributed by atoms with van der Waals surface area (Å²) in [7, 11) is 1.76. The first-order valence-corrected chi connectivity index (χ1v) is 8.18. The largest absolute Gasteiger partial charge is 0.487 e. The van der Waals surface area contributed by atoms with Crippen molar-refractivity contribution >= 4 is 28.5 Å². The molecule has 0 saturated carbocycles. The molecule has 26 heavy (non-hydrogen) atoms. The summed E-state index contributed by atoms with van der Waals surface area (Å²) >= 11 is 0. The zero-order valence-electron chi connectivity index (χ0n) is 15.0. The Bertz CT molecular complexity index is 874. The van der Waals surface area contributed by atoms with Gasteiger partial charge in [-0.3, -0.25) is 4.79 Å². The molecule has 3 rings (SSSR count). The van der Waals surface area contributed by atoms with E-state index < -0.39 is 5.91 Å². The summed E-state index contributed by atoms with van der Waals surface area (Å²) in [5.74, 6) is 0.536. The average molecular weight is 354 g/mol. The van der Waals surface area contributed by atoms with Crippen LogP contribution in [0.2, 0.25) is 0 Å². The first-order chi connectivity index (χ1) is 12.3. The predicted molar refractivity (Wildman–Crippen MR) is 102 cm³/mol. The fourth-order valence-corrected chi connectivity index (χ4v) is 2.81. The number of ether oxygens (including phenoxy) is 1. The number of nitrogens with one attached hydrogen (secondary N) is 2. The smallest absolute Gasteiger partial charge is 0.261 e. The highest BCUT2D eigenvalue weighted by molar-refractivity contribution is 6.24. The first kappa shape index (κ1) is 17.5. The molecule has 2 aromatic rings. The van der Waals surface area contributed by atoms with Crippen LogP contribution in [0.15, 0.2) is 30.7 Å². The van der Waals surface area contributed by atoms with Crippen molar-refractivity contribution in [2.45, 2.75) is 25.9 Å². The Balaban J connectivity index is 1.83. The number of nitrogens with zero attached hydrogens (tertiary/aromatic N) is 2. The lowest BCUT2D eigenvalue weighted by atomic mass is 10.0. The first-order valence-electron chi connectivity index (χ1n) is 8.18. The summed E-state index contributed by atoms with van der Waals surface area (Å²) in [6, 6.07) is 3.56. The van der Waals surface area contributed by atoms with Crippen LogP contribution in [0.1, 0.15) is 25.2 Å². The van der Waals surface area contributed by atoms with Crippen molar-refractivity contribution in [2.24, 2.45) is 5.73 Å². The number of hydrogen-bond donors (Lipinski definition) is 4. The highest BCUT2D eigenvalue weighted by atomic mass is 16.5. The van der Waals surface area contributed by atoms with Gasteiger partial charge in [0.1, 0.15) is 11.4 Å². The van der Waals surface area contributed by atoms with E-state index in [0.29, 0.717) is 11.4 Å². The maximum atomic E-state index is 12.6. The van der Waals surface area contributed by atoms with Gasteiger partial charge in [-0.2, -0.15) is 0 Å². The standard InChI is InChI=1S/C18H22N6O2/c1-18(2)6-10-4-14(13(20)5-15(10)26-18)24-17(25)12(7-19)16-22-8-11(21-3)9-23-16/h4-5,7-9,21H,6,19-20H2,1-3H3,(H,24,25)/b12-7+. The topological polar surface area (TPSA) is 128 Å². The fraction of sp³-hybridized carbons (Fsp3) is 0.278. The molecule has 1 amide bonds. The number of anilines is 3. The summed E-state index contributed by atoms with van der Waals surface area (Å²) < 4.78 is 5.84. The van der Waals surface area contributed by atoms with Crippen molar-refractivity contribution in [2.75, 3.05) is 23.4 Å². The van der Waals surface area contributed by atoms with E-state index in [9.17, 15) is 4.79 Å². The highest BCUT2D eigenvalue weighted by Crippen LogP contribution is 2.39. The van der Waals surface area contributed by atoms with E-state index in [0.717, 1.165) is 23.4 Å². The van der Waals surface area contributed by atoms with Crippen molar-refractivity contribution in [3.8, 4) is 5.75 Å². The molecule has 0 aliphatic carbocycles. The van der Waals surface area contributed by atoms with Crippen molar-refractivity contribution < 1.29 is 9.53 Å². The molecule has 0 saturated heterocycles. The molecule has 8 nitrogen and oxygen atoms in total. The quantitative estimate of drug-likeness (QED) is 0.486. The third-order valence-corrected chi connectivity index (χ3v) is 4.08. The minimum Gasteiger partial charge on any atom is -0.487 e. The number of fused-ring (bicyclic) bond motifs is 1. The minimum atomic E-state index is -0.436. The number of nitrogen functional groups attached to an aromatic ring is 1. The van der Waals surface area contributed by atoms with E-state index in [4.69, 9.17) is 16.2 Å². The van der Waals surface area contributed by atoms with Gasteiger partial charge in [0.05, 0.1) is 35.0 Å². The second kappa shape index (κ2) is 6.55. The molecule has 2 heterocycles. The van der Waals surface area contributed by atoms with Crippen LogP contribution in [0, 0.1) is 0 Å². The zero-order chi connectivity index (χ0) is 18.9. The lowest BCUT2D eigenvalue weighted by Crippen LogP contribution is -2.24. The number of aromatic nitrogens is 2. The number of carbonyl (C=O) groups excluding carboxylic acids is 1. The molecular weight excluding hydrogens is 332 g/mol. The van der Waals surface area contributed by atoms with Gasteiger partial charge >= 0.3 is 0 Å². The van der Waals surface area contributed by atoms with Crippen LogP contribution in [0.25, 0.3) is 5.57 Å². The number of carbonyl (C=O) groups is 1. The SMILES string of the molecule is CNc1cnc(/C(=C\N)C(=O)Nc2cc3c(cc2N)OC(C)(C)C3)nc1. The number of amides is 1. The van der Waals surface area contributed by atoms with Gasteiger partial charge in [0.15, 0.2) is 5.82 Å². The number of hydrogen-bond acceptors (Lipinski definition) is 7. The van der Waals surface area contributed by atoms with Crippen molar-refractivity contribution in [3.63, 3.8) is 0 Å². The normalized spacial score (nSPS) is 15.1. The van der Waals surface area contributed by atoms with Crippen LogP contribution in [0.5, 0.6) is 5.75 Å². The third-order valence-electron chi connectivity index (χ3n) is 4.08. The Hall–Kier alpha value is -3.29. The van der Waals surface area contributed by atoms with Crippen molar-refractivity contribution in [1.82, 2.24) is 9.97 Å². The number of nitrogens with two attached hydrogens (primary N) is 2. The van der Waals surface area contributed by atoms with E-state index in [-0.39, 0.29) is 17.0 Å². The molecule has 0 unspecified atom stereocenters. The van der Waals surface area contributed by atoms with Gasteiger partial charge in [0, 0.05) is 31.3 Å². The second-order valence-corrected chi connectivity index (χ2v) is 6.67. The minimum absolute atomic E-state index is 0.157. The molecule has 1 aromatic heterocycles. The summed E-state index contributed by atoms with van der Waals surface area (Å²) in [5.41, 5.74) is 14.2. The maximum absolute atomic E-state index is 12.6. The summed E-state index contributed by atoms with van der Waals surface area (Å²) in [6.45, 7) is 4.01. The molecule has 0 bridgehead atoms. The Morgan fingerprint density at radius 1 is 1.31 bits per heavy atom. The summed E-state index contributed by atoms with van der Waals surface area (Å²) in [6.07, 6.45) is 5.06. The van der Waals surface area contributed by atoms with Crippen LogP contribution >= 0.6 is 0 Å². The Kier molecular flexibility index (Phi) is 4.41. The van der Waals surface area contributed by atoms with Gasteiger partial charge in [-0.1, -0.05) is 0 Å². The average Bonchev–Trinajstić information content (AvgIpc) is 2.89. The van der Waals surface area contributed by atoms with Gasteiger partial charge in [-0.15, -0.1) is 0 Å². The van der Waals surface area contributed by atoms with Gasteiger partial charge in [0.25, 0.3) is 5.91 Å². The molecule has 0 atom stereocenters. The highest BCUT2D eigenvalue weighted by Gasteiger charge is 2.31. The third kappa shape index (κ3) is 3.39. The molecule has 136 valence electrons. The Morgan fingerprint density at radius 2 is 2.00 bits per heavy atom. The molecule has 6 N–H and O–H groups in total. The molecule has 8 heteroatoms. The van der Waals surface area contributed by atoms with Crippen LogP contribution in [0.4, 0.5) is 17.1 Å². The number of benzene rings is 1. The summed E-state index contributed by atoms with van der Waals surface area (Å²) in [4.78, 5) is 20.9. The Labute approximate surface area is 151 Å². The summed E-state index contributed by atoms with van der Waals surface area (Å²) in [5, 5.41) is 5.70. The van der Waals surface area contributed by atoms with E-state index in [1.54, 1.807) is 25.5 Å². The van der Waals surface area contributed by atoms with E-state index >= 15 is 0 Å². The number of rotatable bonds is 4.